The second-order valence-corrected chi connectivity index (χ2v) is 4.17. The van der Waals surface area contributed by atoms with E-state index in [2.05, 4.69) is 0 Å². The lowest BCUT2D eigenvalue weighted by molar-refractivity contribution is -0.219. The number of hydrogen-bond donors (Lipinski definition) is 2. The second-order valence-electron chi connectivity index (χ2n) is 4.17. The molecule has 1 saturated heterocycles. The molecule has 1 heterocycles. The maximum absolute atomic E-state index is 12.3. The molecule has 0 aromatic carbocycles. The Morgan fingerprint density at radius 2 is 2.13 bits per heavy atom. The Morgan fingerprint density at radius 3 is 2.60 bits per heavy atom. The molecule has 6 heteroatoms. The van der Waals surface area contributed by atoms with Crippen LogP contribution in [0.2, 0.25) is 0 Å². The third-order valence-corrected chi connectivity index (χ3v) is 2.64. The molecule has 0 aliphatic carbocycles. The van der Waals surface area contributed by atoms with Gasteiger partial charge >= 0.3 is 6.18 Å². The van der Waals surface area contributed by atoms with Crippen LogP contribution in [0.3, 0.4) is 0 Å². The first-order valence-electron chi connectivity index (χ1n) is 5.06. The molecular weight excluding hydrogens is 209 g/mol. The topological polar surface area (TPSA) is 49.5 Å². The number of nitrogens with zero attached hydrogens (tertiary/aromatic N) is 1. The second kappa shape index (κ2) is 4.67. The van der Waals surface area contributed by atoms with Crippen LogP contribution >= 0.6 is 0 Å². The van der Waals surface area contributed by atoms with E-state index < -0.39 is 18.3 Å². The van der Waals surface area contributed by atoms with Gasteiger partial charge in [0.15, 0.2) is 6.10 Å². The van der Waals surface area contributed by atoms with Crippen LogP contribution in [0, 0.1) is 0 Å². The lowest BCUT2D eigenvalue weighted by Crippen LogP contribution is -2.49. The van der Waals surface area contributed by atoms with Crippen molar-refractivity contribution in [3.05, 3.63) is 0 Å². The van der Waals surface area contributed by atoms with E-state index in [1.165, 1.54) is 0 Å². The number of aliphatic hydroxyl groups is 1. The number of hydrogen-bond acceptors (Lipinski definition) is 3. The van der Waals surface area contributed by atoms with Gasteiger partial charge in [0.05, 0.1) is 0 Å². The third kappa shape index (κ3) is 3.32. The summed E-state index contributed by atoms with van der Waals surface area (Å²) in [6.45, 7) is 2.73. The molecule has 0 radical (unpaired) electrons. The maximum atomic E-state index is 12.3. The van der Waals surface area contributed by atoms with Crippen molar-refractivity contribution in [3.8, 4) is 0 Å². The number of rotatable bonds is 3. The van der Waals surface area contributed by atoms with E-state index in [0.717, 1.165) is 0 Å². The lowest BCUT2D eigenvalue weighted by Gasteiger charge is -2.30. The Labute approximate surface area is 87.0 Å². The van der Waals surface area contributed by atoms with E-state index in [1.807, 2.05) is 0 Å². The van der Waals surface area contributed by atoms with Gasteiger partial charge in [-0.15, -0.1) is 0 Å². The molecule has 0 saturated carbocycles. The fraction of sp³-hybridized carbons (Fsp3) is 1.00. The normalized spacial score (nSPS) is 28.0. The molecule has 0 amide bonds. The zero-order valence-electron chi connectivity index (χ0n) is 8.67. The molecule has 1 aliphatic heterocycles. The van der Waals surface area contributed by atoms with Gasteiger partial charge in [-0.05, 0) is 26.3 Å². The summed E-state index contributed by atoms with van der Waals surface area (Å²) in [5.74, 6) is 0. The predicted octanol–water partition coefficient (Wildman–Crippen LogP) is 0.721. The molecule has 3 nitrogen and oxygen atoms in total. The highest BCUT2D eigenvalue weighted by atomic mass is 19.4. The first-order chi connectivity index (χ1) is 6.82. The summed E-state index contributed by atoms with van der Waals surface area (Å²) >= 11 is 0. The van der Waals surface area contributed by atoms with Crippen LogP contribution in [0.15, 0.2) is 0 Å². The van der Waals surface area contributed by atoms with Crippen LogP contribution in [0.5, 0.6) is 0 Å². The molecule has 3 unspecified atom stereocenters. The number of alkyl halides is 3. The molecule has 0 aromatic heterocycles. The van der Waals surface area contributed by atoms with Gasteiger partial charge in [0, 0.05) is 18.6 Å². The largest absolute Gasteiger partial charge is 0.415 e. The van der Waals surface area contributed by atoms with Gasteiger partial charge in [0.1, 0.15) is 0 Å². The van der Waals surface area contributed by atoms with E-state index in [9.17, 15) is 13.2 Å². The maximum Gasteiger partial charge on any atom is 0.415 e. The Hall–Kier alpha value is -0.330. The standard InChI is InChI=1S/C9H17F3N2O/c1-6(13)5-14-4-2-3-7(14)8(15)9(10,11)12/h6-8,15H,2-5,13H2,1H3. The number of likely N-dealkylation sites (tertiary alicyclic amines) is 1. The Morgan fingerprint density at radius 1 is 1.53 bits per heavy atom. The minimum absolute atomic E-state index is 0.175. The summed E-state index contributed by atoms with van der Waals surface area (Å²) in [5.41, 5.74) is 5.54. The third-order valence-electron chi connectivity index (χ3n) is 2.64. The monoisotopic (exact) mass is 226 g/mol. The summed E-state index contributed by atoms with van der Waals surface area (Å²) in [4.78, 5) is 1.63. The van der Waals surface area contributed by atoms with Crippen LogP contribution in [0.4, 0.5) is 13.2 Å². The molecule has 3 N–H and O–H groups in total. The Balaban J connectivity index is 2.60. The lowest BCUT2D eigenvalue weighted by atomic mass is 10.1. The van der Waals surface area contributed by atoms with Crippen molar-refractivity contribution in [2.24, 2.45) is 5.73 Å². The average molecular weight is 226 g/mol. The van der Waals surface area contributed by atoms with Crippen LogP contribution in [0.1, 0.15) is 19.8 Å². The number of aliphatic hydroxyl groups excluding tert-OH is 1. The highest BCUT2D eigenvalue weighted by molar-refractivity contribution is 4.89. The molecule has 0 spiro atoms. The van der Waals surface area contributed by atoms with Gasteiger partial charge in [-0.2, -0.15) is 13.2 Å². The van der Waals surface area contributed by atoms with Crippen molar-refractivity contribution in [1.29, 1.82) is 0 Å². The highest BCUT2D eigenvalue weighted by Gasteiger charge is 2.46. The van der Waals surface area contributed by atoms with Crippen molar-refractivity contribution in [3.63, 3.8) is 0 Å². The average Bonchev–Trinajstić information content (AvgIpc) is 2.48. The van der Waals surface area contributed by atoms with Crippen LogP contribution < -0.4 is 5.73 Å². The van der Waals surface area contributed by atoms with Crippen molar-refractivity contribution in [1.82, 2.24) is 4.90 Å². The molecular formula is C9H17F3N2O. The van der Waals surface area contributed by atoms with Gasteiger partial charge < -0.3 is 10.8 Å². The predicted molar refractivity (Wildman–Crippen MR) is 50.3 cm³/mol. The van der Waals surface area contributed by atoms with Gasteiger partial charge in [-0.1, -0.05) is 0 Å². The summed E-state index contributed by atoms with van der Waals surface area (Å²) < 4.78 is 36.9. The van der Waals surface area contributed by atoms with E-state index >= 15 is 0 Å². The van der Waals surface area contributed by atoms with Crippen molar-refractivity contribution in [2.75, 3.05) is 13.1 Å². The van der Waals surface area contributed by atoms with Gasteiger partial charge in [-0.25, -0.2) is 0 Å². The first kappa shape index (κ1) is 12.7. The summed E-state index contributed by atoms with van der Waals surface area (Å²) in [6, 6.07) is -0.998. The minimum Gasteiger partial charge on any atom is -0.382 e. The van der Waals surface area contributed by atoms with Gasteiger partial charge in [-0.3, -0.25) is 4.90 Å². The first-order valence-corrected chi connectivity index (χ1v) is 5.06. The molecule has 3 atom stereocenters. The minimum atomic E-state index is -4.54. The van der Waals surface area contributed by atoms with Crippen LogP contribution in [0.25, 0.3) is 0 Å². The number of nitrogens with two attached hydrogens (primary N) is 1. The number of halogens is 3. The van der Waals surface area contributed by atoms with E-state index in [1.54, 1.807) is 11.8 Å². The molecule has 90 valence electrons. The molecule has 1 rings (SSSR count). The van der Waals surface area contributed by atoms with Crippen LogP contribution in [-0.2, 0) is 0 Å². The van der Waals surface area contributed by atoms with E-state index in [-0.39, 0.29) is 6.04 Å². The Kier molecular flexibility index (Phi) is 3.97. The molecule has 1 aliphatic rings. The fourth-order valence-electron chi connectivity index (χ4n) is 2.02. The fourth-order valence-corrected chi connectivity index (χ4v) is 2.02. The van der Waals surface area contributed by atoms with Crippen molar-refractivity contribution < 1.29 is 18.3 Å². The smallest absolute Gasteiger partial charge is 0.382 e. The molecule has 0 bridgehead atoms. The summed E-state index contributed by atoms with van der Waals surface area (Å²) in [7, 11) is 0. The Bertz CT molecular complexity index is 208. The van der Waals surface area contributed by atoms with Crippen molar-refractivity contribution >= 4 is 0 Å². The van der Waals surface area contributed by atoms with Crippen molar-refractivity contribution in [2.45, 2.75) is 44.1 Å². The van der Waals surface area contributed by atoms with E-state index in [0.29, 0.717) is 25.9 Å². The van der Waals surface area contributed by atoms with Crippen LogP contribution in [-0.4, -0.2) is 47.5 Å². The van der Waals surface area contributed by atoms with E-state index in [4.69, 9.17) is 10.8 Å². The zero-order chi connectivity index (χ0) is 11.6. The summed E-state index contributed by atoms with van der Waals surface area (Å²) in [5, 5.41) is 9.16. The SMILES string of the molecule is CC(N)CN1CCCC1C(O)C(F)(F)F. The molecule has 15 heavy (non-hydrogen) atoms. The molecule has 1 fully saturated rings. The quantitative estimate of drug-likeness (QED) is 0.745. The zero-order valence-corrected chi connectivity index (χ0v) is 8.67. The summed E-state index contributed by atoms with van der Waals surface area (Å²) in [6.07, 6.45) is -5.72. The highest BCUT2D eigenvalue weighted by Crippen LogP contribution is 2.30. The molecule has 0 aromatic rings. The van der Waals surface area contributed by atoms with Gasteiger partial charge in [0.2, 0.25) is 0 Å². The van der Waals surface area contributed by atoms with Gasteiger partial charge in [0.25, 0.3) is 0 Å².